The van der Waals surface area contributed by atoms with E-state index in [9.17, 15) is 9.59 Å². The van der Waals surface area contributed by atoms with Gasteiger partial charge in [-0.1, -0.05) is 23.2 Å². The van der Waals surface area contributed by atoms with Crippen LogP contribution in [-0.2, 0) is 9.59 Å². The van der Waals surface area contributed by atoms with E-state index in [1.54, 1.807) is 49.6 Å². The predicted octanol–water partition coefficient (Wildman–Crippen LogP) is 3.97. The lowest BCUT2D eigenvalue weighted by atomic mass is 10.2. The van der Waals surface area contributed by atoms with Crippen LogP contribution < -0.4 is 15.4 Å². The van der Waals surface area contributed by atoms with Crippen molar-refractivity contribution in [2.75, 3.05) is 17.7 Å². The fraction of sp³-hybridized carbons (Fsp3) is 0.125. The summed E-state index contributed by atoms with van der Waals surface area (Å²) >= 11 is 11.7. The van der Waals surface area contributed by atoms with E-state index in [4.69, 9.17) is 27.9 Å². The number of carbonyl (C=O) groups excluding carboxylic acids is 2. The number of nitrogens with one attached hydrogen (secondary N) is 2. The highest BCUT2D eigenvalue weighted by Crippen LogP contribution is 2.22. The van der Waals surface area contributed by atoms with Gasteiger partial charge in [-0.25, -0.2) is 0 Å². The molecule has 0 aliphatic heterocycles. The summed E-state index contributed by atoms with van der Waals surface area (Å²) in [6.45, 7) is 0. The molecule has 2 amide bonds. The van der Waals surface area contributed by atoms with E-state index < -0.39 is 11.8 Å². The number of hydrogen-bond acceptors (Lipinski definition) is 3. The summed E-state index contributed by atoms with van der Waals surface area (Å²) in [6.07, 6.45) is -0.323. The van der Waals surface area contributed by atoms with Gasteiger partial charge in [-0.3, -0.25) is 9.59 Å². The lowest BCUT2D eigenvalue weighted by molar-refractivity contribution is -0.123. The van der Waals surface area contributed by atoms with Crippen molar-refractivity contribution in [2.45, 2.75) is 6.42 Å². The molecule has 120 valence electrons. The number of ether oxygens (including phenoxy) is 1. The second-order valence-corrected chi connectivity index (χ2v) is 5.53. The highest BCUT2D eigenvalue weighted by molar-refractivity contribution is 6.35. The van der Waals surface area contributed by atoms with Gasteiger partial charge < -0.3 is 15.4 Å². The standard InChI is InChI=1S/C16H14Cl2N2O3/c1-23-14-4-2-12(3-5-14)19-15(21)9-16(22)20-13-7-10(17)6-11(18)8-13/h2-8H,9H2,1H3,(H,19,21)(H,20,22). The zero-order valence-electron chi connectivity index (χ0n) is 12.2. The average Bonchev–Trinajstić information content (AvgIpc) is 2.46. The van der Waals surface area contributed by atoms with Crippen molar-refractivity contribution in [1.82, 2.24) is 0 Å². The fourth-order valence-electron chi connectivity index (χ4n) is 1.86. The lowest BCUT2D eigenvalue weighted by Gasteiger charge is -2.08. The molecule has 2 N–H and O–H groups in total. The van der Waals surface area contributed by atoms with Gasteiger partial charge >= 0.3 is 0 Å². The smallest absolute Gasteiger partial charge is 0.233 e. The molecular weight excluding hydrogens is 339 g/mol. The average molecular weight is 353 g/mol. The number of anilines is 2. The van der Waals surface area contributed by atoms with Crippen LogP contribution >= 0.6 is 23.2 Å². The monoisotopic (exact) mass is 352 g/mol. The molecule has 2 aromatic carbocycles. The molecule has 0 saturated heterocycles. The van der Waals surface area contributed by atoms with Gasteiger partial charge in [-0.05, 0) is 42.5 Å². The first-order valence-electron chi connectivity index (χ1n) is 6.66. The second-order valence-electron chi connectivity index (χ2n) is 4.66. The molecule has 0 bridgehead atoms. The molecule has 0 saturated carbocycles. The maximum Gasteiger partial charge on any atom is 0.233 e. The molecule has 0 atom stereocenters. The molecule has 7 heteroatoms. The lowest BCUT2D eigenvalue weighted by Crippen LogP contribution is -2.21. The van der Waals surface area contributed by atoms with Gasteiger partial charge in [-0.15, -0.1) is 0 Å². The normalized spacial score (nSPS) is 10.0. The third kappa shape index (κ3) is 5.47. The number of rotatable bonds is 5. The highest BCUT2D eigenvalue weighted by atomic mass is 35.5. The van der Waals surface area contributed by atoms with Crippen LogP contribution in [0, 0.1) is 0 Å². The van der Waals surface area contributed by atoms with Gasteiger partial charge in [0, 0.05) is 21.4 Å². The summed E-state index contributed by atoms with van der Waals surface area (Å²) in [6, 6.07) is 11.4. The molecule has 2 aromatic rings. The molecule has 23 heavy (non-hydrogen) atoms. The Balaban J connectivity index is 1.90. The van der Waals surface area contributed by atoms with Crippen molar-refractivity contribution in [1.29, 1.82) is 0 Å². The fourth-order valence-corrected chi connectivity index (χ4v) is 2.38. The Morgan fingerprint density at radius 1 is 0.913 bits per heavy atom. The van der Waals surface area contributed by atoms with Crippen molar-refractivity contribution in [2.24, 2.45) is 0 Å². The summed E-state index contributed by atoms with van der Waals surface area (Å²) in [7, 11) is 1.56. The van der Waals surface area contributed by atoms with Crippen molar-refractivity contribution >= 4 is 46.4 Å². The van der Waals surface area contributed by atoms with Crippen molar-refractivity contribution in [3.05, 3.63) is 52.5 Å². The van der Waals surface area contributed by atoms with E-state index >= 15 is 0 Å². The van der Waals surface area contributed by atoms with E-state index in [0.29, 0.717) is 27.2 Å². The number of methoxy groups -OCH3 is 1. The van der Waals surface area contributed by atoms with Gasteiger partial charge in [0.15, 0.2) is 0 Å². The number of halogens is 2. The Kier molecular flexibility index (Phi) is 5.84. The van der Waals surface area contributed by atoms with Crippen LogP contribution in [0.2, 0.25) is 10.0 Å². The molecule has 0 heterocycles. The van der Waals surface area contributed by atoms with Crippen LogP contribution in [0.15, 0.2) is 42.5 Å². The quantitative estimate of drug-likeness (QED) is 0.800. The molecule has 0 unspecified atom stereocenters. The predicted molar refractivity (Wildman–Crippen MR) is 91.3 cm³/mol. The summed E-state index contributed by atoms with van der Waals surface area (Å²) in [5.41, 5.74) is 1.01. The molecule has 2 rings (SSSR count). The van der Waals surface area contributed by atoms with Crippen molar-refractivity contribution in [3.63, 3.8) is 0 Å². The Morgan fingerprint density at radius 2 is 1.43 bits per heavy atom. The molecule has 0 spiro atoms. The third-order valence-corrected chi connectivity index (χ3v) is 3.28. The molecule has 0 aliphatic carbocycles. The van der Waals surface area contributed by atoms with Gasteiger partial charge in [-0.2, -0.15) is 0 Å². The molecular formula is C16H14Cl2N2O3. The topological polar surface area (TPSA) is 67.4 Å². The summed E-state index contributed by atoms with van der Waals surface area (Å²) < 4.78 is 5.03. The number of amides is 2. The van der Waals surface area contributed by atoms with Crippen LogP contribution in [0.4, 0.5) is 11.4 Å². The minimum absolute atomic E-state index is 0.323. The van der Waals surface area contributed by atoms with Gasteiger partial charge in [0.1, 0.15) is 12.2 Å². The van der Waals surface area contributed by atoms with Crippen LogP contribution in [0.3, 0.4) is 0 Å². The zero-order valence-corrected chi connectivity index (χ0v) is 13.7. The largest absolute Gasteiger partial charge is 0.497 e. The second kappa shape index (κ2) is 7.85. The van der Waals surface area contributed by atoms with Gasteiger partial charge in [0.05, 0.1) is 7.11 Å². The maximum absolute atomic E-state index is 11.9. The van der Waals surface area contributed by atoms with E-state index in [-0.39, 0.29) is 6.42 Å². The van der Waals surface area contributed by atoms with Crippen LogP contribution in [0.1, 0.15) is 6.42 Å². The first-order valence-corrected chi connectivity index (χ1v) is 7.42. The van der Waals surface area contributed by atoms with E-state index in [0.717, 1.165) is 0 Å². The number of carbonyl (C=O) groups is 2. The minimum atomic E-state index is -0.464. The maximum atomic E-state index is 11.9. The molecule has 0 aromatic heterocycles. The van der Waals surface area contributed by atoms with E-state index in [1.807, 2.05) is 0 Å². The summed E-state index contributed by atoms with van der Waals surface area (Å²) in [4.78, 5) is 23.7. The van der Waals surface area contributed by atoms with Crippen molar-refractivity contribution < 1.29 is 14.3 Å². The summed E-state index contributed by atoms with van der Waals surface area (Å²) in [5.74, 6) is -0.214. The minimum Gasteiger partial charge on any atom is -0.497 e. The van der Waals surface area contributed by atoms with E-state index in [1.165, 1.54) is 0 Å². The highest BCUT2D eigenvalue weighted by Gasteiger charge is 2.11. The number of benzene rings is 2. The molecule has 5 nitrogen and oxygen atoms in total. The summed E-state index contributed by atoms with van der Waals surface area (Å²) in [5, 5.41) is 5.99. The van der Waals surface area contributed by atoms with E-state index in [2.05, 4.69) is 10.6 Å². The molecule has 0 radical (unpaired) electrons. The first kappa shape index (κ1) is 17.1. The Hall–Kier alpha value is -2.24. The zero-order chi connectivity index (χ0) is 16.8. The molecule has 0 aliphatic rings. The van der Waals surface area contributed by atoms with Crippen molar-refractivity contribution in [3.8, 4) is 5.75 Å². The van der Waals surface area contributed by atoms with Gasteiger partial charge in [0.2, 0.25) is 11.8 Å². The Morgan fingerprint density at radius 3 is 1.96 bits per heavy atom. The Bertz CT molecular complexity index is 698. The van der Waals surface area contributed by atoms with Crippen LogP contribution in [-0.4, -0.2) is 18.9 Å². The third-order valence-electron chi connectivity index (χ3n) is 2.84. The van der Waals surface area contributed by atoms with Gasteiger partial charge in [0.25, 0.3) is 0 Å². The Labute approximate surface area is 143 Å². The van der Waals surface area contributed by atoms with Crippen LogP contribution in [0.25, 0.3) is 0 Å². The van der Waals surface area contributed by atoms with Crippen LogP contribution in [0.5, 0.6) is 5.75 Å². The number of hydrogen-bond donors (Lipinski definition) is 2. The first-order chi connectivity index (χ1) is 11.0. The SMILES string of the molecule is COc1ccc(NC(=O)CC(=O)Nc2cc(Cl)cc(Cl)c2)cc1. The molecule has 0 fully saturated rings.